The lowest BCUT2D eigenvalue weighted by Gasteiger charge is -2.14. The average Bonchev–Trinajstić information content (AvgIpc) is 3.15. The van der Waals surface area contributed by atoms with E-state index in [0.717, 1.165) is 40.1 Å². The van der Waals surface area contributed by atoms with Crippen LogP contribution >= 0.6 is 0 Å². The molecule has 8 nitrogen and oxygen atoms in total. The molecule has 2 heterocycles. The molecule has 0 fully saturated rings. The van der Waals surface area contributed by atoms with E-state index in [4.69, 9.17) is 9.47 Å². The van der Waals surface area contributed by atoms with Crippen LogP contribution in [0.5, 0.6) is 11.6 Å². The molecule has 0 N–H and O–H groups in total. The minimum Gasteiger partial charge on any atom is -0.497 e. The Morgan fingerprint density at radius 2 is 1.78 bits per heavy atom. The summed E-state index contributed by atoms with van der Waals surface area (Å²) in [6, 6.07) is 17.5. The standard InChI is InChI=1S/C24H25N5O3/c1-5-17-7-6-8-22(29-24(30)28(3)26-27-29)21(17)15-32-23-14-13-20(16(2)25-23)18-9-11-19(31-4)12-10-18/h6-14H,5,15H2,1-4H3. The van der Waals surface area contributed by atoms with E-state index in [9.17, 15) is 4.79 Å². The molecule has 0 spiro atoms. The van der Waals surface area contributed by atoms with E-state index in [0.29, 0.717) is 11.6 Å². The topological polar surface area (TPSA) is 84.1 Å². The highest BCUT2D eigenvalue weighted by molar-refractivity contribution is 5.66. The van der Waals surface area contributed by atoms with Crippen molar-refractivity contribution in [2.75, 3.05) is 7.11 Å². The summed E-state index contributed by atoms with van der Waals surface area (Å²) in [5, 5.41) is 7.81. The van der Waals surface area contributed by atoms with Gasteiger partial charge in [0, 0.05) is 29.9 Å². The minimum atomic E-state index is -0.308. The summed E-state index contributed by atoms with van der Waals surface area (Å²) in [6.07, 6.45) is 0.796. The molecule has 0 aliphatic carbocycles. The zero-order valence-electron chi connectivity index (χ0n) is 18.6. The van der Waals surface area contributed by atoms with Gasteiger partial charge in [-0.1, -0.05) is 31.2 Å². The third-order valence-electron chi connectivity index (χ3n) is 5.40. The molecular formula is C24H25N5O3. The molecule has 4 aromatic rings. The van der Waals surface area contributed by atoms with Crippen LogP contribution in [0, 0.1) is 6.92 Å². The Balaban J connectivity index is 1.60. The number of hydrogen-bond acceptors (Lipinski definition) is 6. The number of ether oxygens (including phenoxy) is 2. The lowest BCUT2D eigenvalue weighted by molar-refractivity contribution is 0.291. The molecule has 0 aliphatic heterocycles. The molecular weight excluding hydrogens is 406 g/mol. The quantitative estimate of drug-likeness (QED) is 0.445. The molecule has 0 amide bonds. The smallest absolute Gasteiger partial charge is 0.368 e. The maximum Gasteiger partial charge on any atom is 0.368 e. The molecule has 32 heavy (non-hydrogen) atoms. The average molecular weight is 431 g/mol. The fourth-order valence-electron chi connectivity index (χ4n) is 3.62. The Bertz CT molecular complexity index is 1290. The molecule has 0 atom stereocenters. The van der Waals surface area contributed by atoms with E-state index >= 15 is 0 Å². The van der Waals surface area contributed by atoms with Crippen molar-refractivity contribution in [3.8, 4) is 28.4 Å². The molecule has 0 aliphatic rings. The summed E-state index contributed by atoms with van der Waals surface area (Å²) in [7, 11) is 3.22. The van der Waals surface area contributed by atoms with Crippen molar-refractivity contribution in [2.24, 2.45) is 7.05 Å². The number of nitrogens with zero attached hydrogens (tertiary/aromatic N) is 5. The number of tetrazole rings is 1. The van der Waals surface area contributed by atoms with E-state index < -0.39 is 0 Å². The molecule has 2 aromatic carbocycles. The number of rotatable bonds is 7. The van der Waals surface area contributed by atoms with Crippen LogP contribution in [0.4, 0.5) is 0 Å². The van der Waals surface area contributed by atoms with E-state index in [1.807, 2.05) is 61.5 Å². The first kappa shape index (κ1) is 21.3. The van der Waals surface area contributed by atoms with Crippen molar-refractivity contribution in [1.29, 1.82) is 0 Å². The highest BCUT2D eigenvalue weighted by Gasteiger charge is 2.15. The van der Waals surface area contributed by atoms with Gasteiger partial charge >= 0.3 is 5.69 Å². The van der Waals surface area contributed by atoms with Gasteiger partial charge in [-0.3, -0.25) is 0 Å². The predicted octanol–water partition coefficient (Wildman–Crippen LogP) is 3.49. The van der Waals surface area contributed by atoms with Gasteiger partial charge in [0.1, 0.15) is 12.4 Å². The van der Waals surface area contributed by atoms with Gasteiger partial charge in [-0.05, 0) is 59.2 Å². The fourth-order valence-corrected chi connectivity index (χ4v) is 3.62. The van der Waals surface area contributed by atoms with Crippen molar-refractivity contribution in [2.45, 2.75) is 26.9 Å². The largest absolute Gasteiger partial charge is 0.497 e. The van der Waals surface area contributed by atoms with Crippen molar-refractivity contribution in [3.63, 3.8) is 0 Å². The first-order valence-corrected chi connectivity index (χ1v) is 10.4. The van der Waals surface area contributed by atoms with Crippen molar-refractivity contribution in [3.05, 3.63) is 81.9 Å². The van der Waals surface area contributed by atoms with Gasteiger partial charge in [0.25, 0.3) is 0 Å². The molecule has 0 bridgehead atoms. The summed E-state index contributed by atoms with van der Waals surface area (Å²) in [4.78, 5) is 17.0. The van der Waals surface area contributed by atoms with Crippen molar-refractivity contribution < 1.29 is 9.47 Å². The van der Waals surface area contributed by atoms with E-state index in [1.54, 1.807) is 14.2 Å². The van der Waals surface area contributed by atoms with Gasteiger partial charge in [0.15, 0.2) is 0 Å². The van der Waals surface area contributed by atoms with Crippen LogP contribution in [0.15, 0.2) is 59.4 Å². The number of aryl methyl sites for hydroxylation is 3. The zero-order valence-corrected chi connectivity index (χ0v) is 18.6. The maximum atomic E-state index is 12.4. The van der Waals surface area contributed by atoms with Crippen LogP contribution < -0.4 is 15.2 Å². The normalized spacial score (nSPS) is 10.9. The first-order valence-electron chi connectivity index (χ1n) is 10.4. The van der Waals surface area contributed by atoms with Crippen LogP contribution in [0.1, 0.15) is 23.7 Å². The van der Waals surface area contributed by atoms with Gasteiger partial charge in [0.2, 0.25) is 5.88 Å². The summed E-state index contributed by atoms with van der Waals surface area (Å²) < 4.78 is 13.8. The Morgan fingerprint density at radius 3 is 2.41 bits per heavy atom. The van der Waals surface area contributed by atoms with E-state index in [1.165, 1.54) is 9.36 Å². The zero-order chi connectivity index (χ0) is 22.7. The monoisotopic (exact) mass is 431 g/mol. The maximum absolute atomic E-state index is 12.4. The van der Waals surface area contributed by atoms with Crippen LogP contribution in [0.3, 0.4) is 0 Å². The summed E-state index contributed by atoms with van der Waals surface area (Å²) in [5.41, 5.74) is 5.26. The second-order valence-electron chi connectivity index (χ2n) is 7.36. The second-order valence-corrected chi connectivity index (χ2v) is 7.36. The molecule has 4 rings (SSSR count). The van der Waals surface area contributed by atoms with Gasteiger partial charge in [-0.15, -0.1) is 0 Å². The van der Waals surface area contributed by atoms with Gasteiger partial charge < -0.3 is 9.47 Å². The number of pyridine rings is 1. The number of hydrogen-bond donors (Lipinski definition) is 0. The van der Waals surface area contributed by atoms with Crippen LogP contribution in [0.25, 0.3) is 16.8 Å². The Kier molecular flexibility index (Phi) is 6.02. The lowest BCUT2D eigenvalue weighted by atomic mass is 10.0. The highest BCUT2D eigenvalue weighted by Crippen LogP contribution is 2.27. The fraction of sp³-hybridized carbons (Fsp3) is 0.250. The van der Waals surface area contributed by atoms with Gasteiger partial charge in [-0.2, -0.15) is 9.36 Å². The van der Waals surface area contributed by atoms with E-state index in [-0.39, 0.29) is 12.3 Å². The SMILES string of the molecule is CCc1cccc(-n2nnn(C)c2=O)c1COc1ccc(-c2ccc(OC)cc2)c(C)n1. The summed E-state index contributed by atoms with van der Waals surface area (Å²) in [6.45, 7) is 4.28. The Morgan fingerprint density at radius 1 is 1.00 bits per heavy atom. The van der Waals surface area contributed by atoms with Crippen molar-refractivity contribution in [1.82, 2.24) is 24.8 Å². The van der Waals surface area contributed by atoms with E-state index in [2.05, 4.69) is 22.3 Å². The van der Waals surface area contributed by atoms with Crippen LogP contribution in [-0.4, -0.2) is 31.9 Å². The molecule has 0 radical (unpaired) electrons. The third kappa shape index (κ3) is 4.12. The summed E-state index contributed by atoms with van der Waals surface area (Å²) >= 11 is 0. The highest BCUT2D eigenvalue weighted by atomic mass is 16.5. The van der Waals surface area contributed by atoms with Gasteiger partial charge in [0.05, 0.1) is 12.8 Å². The number of methoxy groups -OCH3 is 1. The molecule has 2 aromatic heterocycles. The Labute approximate surface area is 186 Å². The molecule has 0 unspecified atom stereocenters. The first-order chi connectivity index (χ1) is 15.5. The summed E-state index contributed by atoms with van der Waals surface area (Å²) in [5.74, 6) is 1.33. The Hall–Kier alpha value is -3.94. The second kappa shape index (κ2) is 9.05. The number of benzene rings is 2. The third-order valence-corrected chi connectivity index (χ3v) is 5.40. The predicted molar refractivity (Wildman–Crippen MR) is 121 cm³/mol. The van der Waals surface area contributed by atoms with Gasteiger partial charge in [-0.25, -0.2) is 9.78 Å². The van der Waals surface area contributed by atoms with Crippen LogP contribution in [0.2, 0.25) is 0 Å². The number of aromatic nitrogens is 5. The molecule has 164 valence electrons. The molecule has 8 heteroatoms. The molecule has 0 saturated carbocycles. The lowest BCUT2D eigenvalue weighted by Crippen LogP contribution is -2.23. The molecule has 0 saturated heterocycles. The van der Waals surface area contributed by atoms with Crippen molar-refractivity contribution >= 4 is 0 Å². The van der Waals surface area contributed by atoms with Crippen LogP contribution in [-0.2, 0) is 20.1 Å². The minimum absolute atomic E-state index is 0.261.